The van der Waals surface area contributed by atoms with Gasteiger partial charge in [-0.2, -0.15) is 0 Å². The average Bonchev–Trinajstić information content (AvgIpc) is 2.87. The van der Waals surface area contributed by atoms with E-state index in [1.54, 1.807) is 13.8 Å². The molecule has 0 bridgehead atoms. The van der Waals surface area contributed by atoms with Gasteiger partial charge in [-0.3, -0.25) is 4.79 Å². The van der Waals surface area contributed by atoms with Crippen LogP contribution in [-0.2, 0) is 14.3 Å². The van der Waals surface area contributed by atoms with E-state index in [2.05, 4.69) is 93.5 Å². The molecule has 0 fully saturated rings. The molecule has 1 aliphatic heterocycles. The zero-order valence-corrected chi connectivity index (χ0v) is 19.9. The third-order valence-electron chi connectivity index (χ3n) is 4.34. The molecule has 1 unspecified atom stereocenters. The Labute approximate surface area is 228 Å². The molecule has 1 heterocycles. The number of allylic oxidation sites excluding steroid dienone is 1. The van der Waals surface area contributed by atoms with Gasteiger partial charge >= 0.3 is 6.03 Å². The summed E-state index contributed by atoms with van der Waals surface area (Å²) in [7, 11) is 0. The minimum atomic E-state index is -0.498. The van der Waals surface area contributed by atoms with Crippen molar-refractivity contribution in [3.63, 3.8) is 0 Å². The summed E-state index contributed by atoms with van der Waals surface area (Å²) in [5.41, 5.74) is 3.77. The Kier molecular flexibility index (Phi) is 13.3. The molecule has 1 aromatic carbocycles. The van der Waals surface area contributed by atoms with E-state index < -0.39 is 6.04 Å². The summed E-state index contributed by atoms with van der Waals surface area (Å²) in [6.45, 7) is 7.78. The first kappa shape index (κ1) is 28.3. The van der Waals surface area contributed by atoms with E-state index in [9.17, 15) is 9.59 Å². The molecule has 2 rings (SSSR count). The topological polar surface area (TPSA) is 84.5 Å². The number of carbonyl (C=O) groups excluding carboxylic acids is 3. The number of benzene rings is 1. The molecule has 1 aromatic rings. The van der Waals surface area contributed by atoms with Crippen LogP contribution in [0.4, 0.5) is 4.79 Å². The normalized spacial score (nSPS) is 11.9. The van der Waals surface area contributed by atoms with Crippen molar-refractivity contribution >= 4 is 19.3 Å². The fourth-order valence-corrected chi connectivity index (χ4v) is 2.93. The minimum Gasteiger partial charge on any atom is -0.463 e. The highest BCUT2D eigenvalue weighted by Crippen LogP contribution is 2.31. The van der Waals surface area contributed by atoms with Gasteiger partial charge in [0.25, 0.3) is 6.47 Å². The summed E-state index contributed by atoms with van der Waals surface area (Å²) in [5.74, 6) is 36.6. The molecule has 0 saturated heterocycles. The number of rotatable bonds is 4. The smallest absolute Gasteiger partial charge is 0.319 e. The van der Waals surface area contributed by atoms with Crippen molar-refractivity contribution in [3.05, 3.63) is 46.2 Å². The van der Waals surface area contributed by atoms with Gasteiger partial charge in [0, 0.05) is 32.5 Å². The van der Waals surface area contributed by atoms with Gasteiger partial charge < -0.3 is 20.2 Å². The standard InChI is InChI=1S/C29H18N2O3.CH2O.11H2/c1-4-5-6-7-8-9-10-11-12-13-14-15-16-19-25-20-17-18-23(2)27(25)28-26(21-34-22-32)24(3)30-29(33)31-28;1-2;;;;;;;;;;;/h17-18,20,22,28H,21H2,1-3H3,(H2,30,31,33);1H2;11*1H. The summed E-state index contributed by atoms with van der Waals surface area (Å²) in [6, 6.07) is 4.78. The Morgan fingerprint density at radius 1 is 0.944 bits per heavy atom. The lowest BCUT2D eigenvalue weighted by Crippen LogP contribution is -2.44. The third-order valence-corrected chi connectivity index (χ3v) is 4.34. The van der Waals surface area contributed by atoms with E-state index in [1.165, 1.54) is 0 Å². The second kappa shape index (κ2) is 16.9. The van der Waals surface area contributed by atoms with Crippen molar-refractivity contribution in [2.24, 2.45) is 0 Å². The summed E-state index contributed by atoms with van der Waals surface area (Å²) >= 11 is 0. The largest absolute Gasteiger partial charge is 0.463 e. The predicted octanol–water partition coefficient (Wildman–Crippen LogP) is 4.71. The van der Waals surface area contributed by atoms with E-state index in [0.717, 1.165) is 16.7 Å². The van der Waals surface area contributed by atoms with Crippen LogP contribution in [0.1, 0.15) is 52.3 Å². The van der Waals surface area contributed by atoms with Crippen LogP contribution >= 0.6 is 0 Å². The quantitative estimate of drug-likeness (QED) is 0.469. The van der Waals surface area contributed by atoms with E-state index in [0.29, 0.717) is 17.7 Å². The lowest BCUT2D eigenvalue weighted by molar-refractivity contribution is -0.127. The SMILES string of the molecule is C=O.CC#CC#CC#CC#CC#CC#CC#Cc1cccc(C)c1C1NC(=O)NC(C)=C1COC=O.[HH].[HH].[HH].[HH].[HH].[HH].[HH].[HH].[HH].[HH].[HH]. The van der Waals surface area contributed by atoms with Crippen LogP contribution in [0.3, 0.4) is 0 Å². The Bertz CT molecular complexity index is 1520. The molecule has 6 nitrogen and oxygen atoms in total. The lowest BCUT2D eigenvalue weighted by Gasteiger charge is -2.30. The molecule has 0 radical (unpaired) electrons. The van der Waals surface area contributed by atoms with Crippen LogP contribution < -0.4 is 10.6 Å². The van der Waals surface area contributed by atoms with Gasteiger partial charge in [0.1, 0.15) is 13.4 Å². The molecule has 1 atom stereocenters. The number of amides is 2. The second-order valence-corrected chi connectivity index (χ2v) is 6.50. The van der Waals surface area contributed by atoms with Crippen molar-refractivity contribution in [2.45, 2.75) is 26.8 Å². The summed E-state index contributed by atoms with van der Waals surface area (Å²) < 4.78 is 4.96. The number of urea groups is 1. The van der Waals surface area contributed by atoms with Crippen LogP contribution in [0.2, 0.25) is 0 Å². The molecule has 2 amide bonds. The van der Waals surface area contributed by atoms with Gasteiger partial charge in [-0.05, 0) is 109 Å². The maximum absolute atomic E-state index is 12.1. The molecule has 0 spiro atoms. The number of aryl methyl sites for hydroxylation is 1. The van der Waals surface area contributed by atoms with Gasteiger partial charge in [0.2, 0.25) is 0 Å². The molecule has 36 heavy (non-hydrogen) atoms. The molecule has 6 heteroatoms. The Morgan fingerprint density at radius 2 is 1.50 bits per heavy atom. The zero-order valence-electron chi connectivity index (χ0n) is 19.9. The first-order chi connectivity index (χ1) is 17.6. The van der Waals surface area contributed by atoms with Gasteiger partial charge in [-0.1, -0.05) is 24.0 Å². The van der Waals surface area contributed by atoms with Gasteiger partial charge in [0.05, 0.1) is 6.04 Å². The number of hydrogen-bond acceptors (Lipinski definition) is 4. The summed E-state index contributed by atoms with van der Waals surface area (Å²) in [5, 5.41) is 5.58. The van der Waals surface area contributed by atoms with Gasteiger partial charge in [-0.25, -0.2) is 4.79 Å². The second-order valence-electron chi connectivity index (χ2n) is 6.50. The Balaban J connectivity index is -0.000000109. The highest BCUT2D eigenvalue weighted by molar-refractivity contribution is 5.79. The maximum Gasteiger partial charge on any atom is 0.319 e. The first-order valence-corrected chi connectivity index (χ1v) is 10.2. The van der Waals surface area contributed by atoms with E-state index in [4.69, 9.17) is 9.53 Å². The monoisotopic (exact) mass is 494 g/mol. The molecule has 0 saturated carbocycles. The number of carbonyl (C=O) groups is 3. The van der Waals surface area contributed by atoms with Crippen molar-refractivity contribution < 1.29 is 34.8 Å². The van der Waals surface area contributed by atoms with Crippen molar-refractivity contribution in [1.82, 2.24) is 10.6 Å². The average molecular weight is 495 g/mol. The molecule has 0 aromatic heterocycles. The maximum atomic E-state index is 12.1. The van der Waals surface area contributed by atoms with Crippen LogP contribution in [0.5, 0.6) is 0 Å². The van der Waals surface area contributed by atoms with Crippen molar-refractivity contribution in [2.75, 3.05) is 6.61 Å². The van der Waals surface area contributed by atoms with Crippen LogP contribution in [0.15, 0.2) is 29.5 Å². The molecule has 196 valence electrons. The summed E-state index contributed by atoms with van der Waals surface area (Å²) in [6.07, 6.45) is 0. The van der Waals surface area contributed by atoms with Crippen LogP contribution in [-0.4, -0.2) is 25.9 Å². The minimum absolute atomic E-state index is 0. The van der Waals surface area contributed by atoms with Crippen LogP contribution in [0.25, 0.3) is 0 Å². The highest BCUT2D eigenvalue weighted by Gasteiger charge is 2.29. The molecular weight excluding hydrogens is 452 g/mol. The predicted molar refractivity (Wildman–Crippen MR) is 160 cm³/mol. The van der Waals surface area contributed by atoms with Crippen molar-refractivity contribution in [1.29, 1.82) is 0 Å². The zero-order chi connectivity index (χ0) is 26.6. The molecule has 1 aliphatic rings. The van der Waals surface area contributed by atoms with Crippen LogP contribution in [0, 0.1) is 89.8 Å². The third kappa shape index (κ3) is 9.42. The number of hydrogen-bond donors (Lipinski definition) is 2. The Morgan fingerprint density at radius 3 is 2.06 bits per heavy atom. The van der Waals surface area contributed by atoms with E-state index in [-0.39, 0.29) is 28.3 Å². The fraction of sp³-hybridized carbons (Fsp3) is 0.167. The molecular formula is C30H42N2O4. The van der Waals surface area contributed by atoms with E-state index in [1.807, 2.05) is 31.9 Å². The fourth-order valence-electron chi connectivity index (χ4n) is 2.93. The number of ether oxygens (including phenoxy) is 1. The van der Waals surface area contributed by atoms with Gasteiger partial charge in [-0.15, -0.1) is 0 Å². The van der Waals surface area contributed by atoms with Gasteiger partial charge in [0.15, 0.2) is 0 Å². The van der Waals surface area contributed by atoms with Crippen molar-refractivity contribution in [3.8, 4) is 82.9 Å². The molecule has 0 aliphatic carbocycles. The number of nitrogens with one attached hydrogen (secondary N) is 2. The molecule has 2 N–H and O–H groups in total. The Hall–Kier alpha value is -5.71. The first-order valence-electron chi connectivity index (χ1n) is 10.2. The lowest BCUT2D eigenvalue weighted by atomic mass is 9.89. The van der Waals surface area contributed by atoms with E-state index >= 15 is 0 Å². The highest BCUT2D eigenvalue weighted by atomic mass is 16.5. The summed E-state index contributed by atoms with van der Waals surface area (Å²) in [4.78, 5) is 30.8.